The highest BCUT2D eigenvalue weighted by molar-refractivity contribution is 7.89. The fraction of sp³-hybridized carbons (Fsp3) is 0.400. The van der Waals surface area contributed by atoms with Gasteiger partial charge in [-0.1, -0.05) is 6.07 Å². The highest BCUT2D eigenvalue weighted by Gasteiger charge is 2.29. The van der Waals surface area contributed by atoms with Gasteiger partial charge in [-0.3, -0.25) is 0 Å². The molecule has 9 heteroatoms. The minimum Gasteiger partial charge on any atom is -0.482 e. The number of nitrogen functional groups attached to an aromatic ring is 1. The zero-order valence-corrected chi connectivity index (χ0v) is 11.0. The Morgan fingerprint density at radius 2 is 1.89 bits per heavy atom. The number of hydrogen-bond donors (Lipinski definition) is 1. The molecular formula is C10H13F3N2O3S. The number of para-hydroxylation sites is 1. The summed E-state index contributed by atoms with van der Waals surface area (Å²) in [4.78, 5) is -0.294. The minimum absolute atomic E-state index is 0.294. The fourth-order valence-corrected chi connectivity index (χ4v) is 2.25. The molecule has 1 aromatic carbocycles. The molecule has 0 heterocycles. The third kappa shape index (κ3) is 3.74. The molecule has 0 aliphatic rings. The second kappa shape index (κ2) is 5.25. The van der Waals surface area contributed by atoms with Crippen LogP contribution in [0.5, 0.6) is 5.75 Å². The summed E-state index contributed by atoms with van der Waals surface area (Å²) in [5, 5.41) is 0. The topological polar surface area (TPSA) is 72.6 Å². The number of rotatable bonds is 4. The van der Waals surface area contributed by atoms with Crippen molar-refractivity contribution in [2.75, 3.05) is 26.4 Å². The number of sulfonamides is 1. The zero-order valence-electron chi connectivity index (χ0n) is 10.2. The first-order chi connectivity index (χ1) is 8.55. The number of anilines is 1. The first-order valence-electron chi connectivity index (χ1n) is 5.06. The van der Waals surface area contributed by atoms with Gasteiger partial charge in [-0.2, -0.15) is 13.2 Å². The lowest BCUT2D eigenvalue weighted by Crippen LogP contribution is -2.24. The second-order valence-electron chi connectivity index (χ2n) is 3.86. The van der Waals surface area contributed by atoms with E-state index in [1.165, 1.54) is 32.3 Å². The predicted octanol–water partition coefficient (Wildman–Crippen LogP) is 1.46. The number of nitrogens with zero attached hydrogens (tertiary/aromatic N) is 1. The van der Waals surface area contributed by atoms with Crippen molar-refractivity contribution in [2.45, 2.75) is 11.1 Å². The van der Waals surface area contributed by atoms with Crippen LogP contribution in [0, 0.1) is 0 Å². The van der Waals surface area contributed by atoms with Gasteiger partial charge in [0, 0.05) is 14.1 Å². The summed E-state index contributed by atoms with van der Waals surface area (Å²) in [5.41, 5.74) is 5.19. The Morgan fingerprint density at radius 3 is 2.37 bits per heavy atom. The average Bonchev–Trinajstić information content (AvgIpc) is 2.26. The monoisotopic (exact) mass is 298 g/mol. The first-order valence-corrected chi connectivity index (χ1v) is 6.50. The van der Waals surface area contributed by atoms with E-state index in [2.05, 4.69) is 4.74 Å². The van der Waals surface area contributed by atoms with Crippen LogP contribution in [0.3, 0.4) is 0 Å². The van der Waals surface area contributed by atoms with Crippen molar-refractivity contribution in [2.24, 2.45) is 0 Å². The number of benzene rings is 1. The molecule has 0 unspecified atom stereocenters. The Hall–Kier alpha value is -1.48. The Labute approximate surface area is 108 Å². The van der Waals surface area contributed by atoms with Crippen LogP contribution in [-0.2, 0) is 10.0 Å². The molecule has 1 rings (SSSR count). The highest BCUT2D eigenvalue weighted by atomic mass is 32.2. The summed E-state index contributed by atoms with van der Waals surface area (Å²) >= 11 is 0. The van der Waals surface area contributed by atoms with Gasteiger partial charge in [-0.25, -0.2) is 12.7 Å². The molecule has 0 fully saturated rings. The molecule has 0 bridgehead atoms. The van der Waals surface area contributed by atoms with Crippen molar-refractivity contribution in [1.29, 1.82) is 0 Å². The van der Waals surface area contributed by atoms with Crippen molar-refractivity contribution in [3.8, 4) is 5.75 Å². The fourth-order valence-electron chi connectivity index (χ4n) is 1.23. The number of nitrogens with two attached hydrogens (primary N) is 1. The predicted molar refractivity (Wildman–Crippen MR) is 63.3 cm³/mol. The van der Waals surface area contributed by atoms with Crippen LogP contribution < -0.4 is 10.5 Å². The largest absolute Gasteiger partial charge is 0.482 e. The normalized spacial score (nSPS) is 12.7. The standard InChI is InChI=1S/C10H13F3N2O3S/c1-15(2)19(16,17)8-5-3-4-7(9(8)14)18-6-10(11,12)13/h3-5H,6,14H2,1-2H3. The summed E-state index contributed by atoms with van der Waals surface area (Å²) in [7, 11) is -1.26. The molecule has 2 N–H and O–H groups in total. The Balaban J connectivity index is 3.13. The molecule has 0 saturated heterocycles. The summed E-state index contributed by atoms with van der Waals surface area (Å²) in [6.45, 7) is -1.54. The van der Waals surface area contributed by atoms with Gasteiger partial charge in [0.1, 0.15) is 10.6 Å². The second-order valence-corrected chi connectivity index (χ2v) is 5.98. The molecule has 0 amide bonds. The molecule has 108 valence electrons. The molecular weight excluding hydrogens is 285 g/mol. The maximum Gasteiger partial charge on any atom is 0.422 e. The van der Waals surface area contributed by atoms with E-state index in [0.29, 0.717) is 0 Å². The molecule has 0 radical (unpaired) electrons. The molecule has 0 aliphatic carbocycles. The molecule has 0 atom stereocenters. The number of halogens is 3. The molecule has 1 aromatic rings. The van der Waals surface area contributed by atoms with Crippen molar-refractivity contribution in [1.82, 2.24) is 4.31 Å². The van der Waals surface area contributed by atoms with E-state index in [4.69, 9.17) is 5.73 Å². The maximum atomic E-state index is 12.0. The van der Waals surface area contributed by atoms with Crippen LogP contribution in [0.2, 0.25) is 0 Å². The van der Waals surface area contributed by atoms with E-state index in [0.717, 1.165) is 4.31 Å². The Morgan fingerprint density at radius 1 is 1.32 bits per heavy atom. The van der Waals surface area contributed by atoms with Gasteiger partial charge in [0.2, 0.25) is 10.0 Å². The van der Waals surface area contributed by atoms with Crippen molar-refractivity contribution < 1.29 is 26.3 Å². The SMILES string of the molecule is CN(C)S(=O)(=O)c1cccc(OCC(F)(F)F)c1N. The summed E-state index contributed by atoms with van der Waals surface area (Å²) in [6.07, 6.45) is -4.52. The van der Waals surface area contributed by atoms with Crippen LogP contribution in [0.4, 0.5) is 18.9 Å². The van der Waals surface area contributed by atoms with E-state index in [-0.39, 0.29) is 16.3 Å². The summed E-state index contributed by atoms with van der Waals surface area (Å²) in [5.74, 6) is -0.319. The minimum atomic E-state index is -4.52. The van der Waals surface area contributed by atoms with Crippen LogP contribution in [0.15, 0.2) is 23.1 Å². The zero-order chi connectivity index (χ0) is 14.8. The van der Waals surface area contributed by atoms with Crippen LogP contribution in [-0.4, -0.2) is 39.6 Å². The van der Waals surface area contributed by atoms with Crippen LogP contribution in [0.1, 0.15) is 0 Å². The average molecular weight is 298 g/mol. The van der Waals surface area contributed by atoms with Gasteiger partial charge in [0.15, 0.2) is 6.61 Å². The molecule has 0 aromatic heterocycles. The maximum absolute atomic E-state index is 12.0. The van der Waals surface area contributed by atoms with Crippen LogP contribution >= 0.6 is 0 Å². The lowest BCUT2D eigenvalue weighted by Gasteiger charge is -2.16. The Bertz CT molecular complexity index is 556. The lowest BCUT2D eigenvalue weighted by atomic mass is 10.3. The molecule has 0 spiro atoms. The van der Waals surface area contributed by atoms with Gasteiger partial charge in [-0.15, -0.1) is 0 Å². The van der Waals surface area contributed by atoms with Gasteiger partial charge >= 0.3 is 6.18 Å². The number of hydrogen-bond acceptors (Lipinski definition) is 4. The van der Waals surface area contributed by atoms with E-state index >= 15 is 0 Å². The third-order valence-electron chi connectivity index (χ3n) is 2.18. The summed E-state index contributed by atoms with van der Waals surface area (Å²) in [6, 6.07) is 3.64. The van der Waals surface area contributed by atoms with Crippen molar-refractivity contribution in [3.05, 3.63) is 18.2 Å². The van der Waals surface area contributed by atoms with E-state index in [1.807, 2.05) is 0 Å². The van der Waals surface area contributed by atoms with E-state index < -0.39 is 22.8 Å². The van der Waals surface area contributed by atoms with E-state index in [1.54, 1.807) is 0 Å². The molecule has 0 saturated carbocycles. The van der Waals surface area contributed by atoms with Gasteiger partial charge < -0.3 is 10.5 Å². The van der Waals surface area contributed by atoms with Gasteiger partial charge in [0.05, 0.1) is 5.69 Å². The molecule has 19 heavy (non-hydrogen) atoms. The van der Waals surface area contributed by atoms with Gasteiger partial charge in [0.25, 0.3) is 0 Å². The first kappa shape index (κ1) is 15.6. The molecule has 0 aliphatic heterocycles. The van der Waals surface area contributed by atoms with Gasteiger partial charge in [-0.05, 0) is 12.1 Å². The lowest BCUT2D eigenvalue weighted by molar-refractivity contribution is -0.153. The molecule has 5 nitrogen and oxygen atoms in total. The number of alkyl halides is 3. The van der Waals surface area contributed by atoms with Crippen molar-refractivity contribution >= 4 is 15.7 Å². The Kier molecular flexibility index (Phi) is 4.31. The van der Waals surface area contributed by atoms with E-state index in [9.17, 15) is 21.6 Å². The smallest absolute Gasteiger partial charge is 0.422 e. The quantitative estimate of drug-likeness (QED) is 0.854. The van der Waals surface area contributed by atoms with Crippen LogP contribution in [0.25, 0.3) is 0 Å². The third-order valence-corrected chi connectivity index (χ3v) is 4.05. The highest BCUT2D eigenvalue weighted by Crippen LogP contribution is 2.31. The summed E-state index contributed by atoms with van der Waals surface area (Å²) < 4.78 is 65.3. The van der Waals surface area contributed by atoms with Crippen molar-refractivity contribution in [3.63, 3.8) is 0 Å². The number of ether oxygens (including phenoxy) is 1.